The molecule has 0 fully saturated rings. The molecule has 4 rings (SSSR count). The van der Waals surface area contributed by atoms with E-state index in [0.29, 0.717) is 6.54 Å². The molecule has 130 valence electrons. The van der Waals surface area contributed by atoms with E-state index in [2.05, 4.69) is 33.7 Å². The zero-order valence-electron chi connectivity index (χ0n) is 14.7. The van der Waals surface area contributed by atoms with Gasteiger partial charge >= 0.3 is 0 Å². The summed E-state index contributed by atoms with van der Waals surface area (Å²) in [5, 5.41) is 11.7. The van der Waals surface area contributed by atoms with Crippen molar-refractivity contribution in [1.82, 2.24) is 0 Å². The SMILES string of the molecule is COc1ccc(C2(O)CN(c3ccccc3)C3=[N+]2CCCCC3)cc1. The lowest BCUT2D eigenvalue weighted by atomic mass is 10.0. The first-order valence-electron chi connectivity index (χ1n) is 9.05. The van der Waals surface area contributed by atoms with Crippen molar-refractivity contribution in [2.24, 2.45) is 0 Å². The van der Waals surface area contributed by atoms with Crippen LogP contribution in [0.2, 0.25) is 0 Å². The molecule has 0 spiro atoms. The van der Waals surface area contributed by atoms with Crippen LogP contribution in [0, 0.1) is 0 Å². The minimum atomic E-state index is -0.998. The molecule has 0 saturated carbocycles. The second kappa shape index (κ2) is 6.52. The summed E-state index contributed by atoms with van der Waals surface area (Å²) in [4.78, 5) is 2.29. The second-order valence-electron chi connectivity index (χ2n) is 6.85. The molecule has 2 aromatic carbocycles. The lowest BCUT2D eigenvalue weighted by molar-refractivity contribution is -0.658. The summed E-state index contributed by atoms with van der Waals surface area (Å²) in [6.45, 7) is 1.44. The zero-order valence-corrected chi connectivity index (χ0v) is 14.7. The molecule has 2 aliphatic rings. The van der Waals surface area contributed by atoms with E-state index in [1.165, 1.54) is 18.7 Å². The molecule has 2 aliphatic heterocycles. The van der Waals surface area contributed by atoms with Crippen LogP contribution in [0.5, 0.6) is 5.75 Å². The molecule has 0 saturated heterocycles. The number of ether oxygens (including phenoxy) is 1. The highest BCUT2D eigenvalue weighted by Gasteiger charge is 2.51. The highest BCUT2D eigenvalue weighted by atomic mass is 16.5. The smallest absolute Gasteiger partial charge is 0.271 e. The van der Waals surface area contributed by atoms with E-state index in [-0.39, 0.29) is 0 Å². The Bertz CT molecular complexity index is 770. The third kappa shape index (κ3) is 2.81. The van der Waals surface area contributed by atoms with Gasteiger partial charge in [-0.2, -0.15) is 0 Å². The molecule has 2 heterocycles. The van der Waals surface area contributed by atoms with E-state index >= 15 is 0 Å². The summed E-state index contributed by atoms with van der Waals surface area (Å²) in [7, 11) is 1.66. The van der Waals surface area contributed by atoms with Crippen molar-refractivity contribution in [2.45, 2.75) is 31.4 Å². The Labute approximate surface area is 149 Å². The molecule has 0 bridgehead atoms. The van der Waals surface area contributed by atoms with Crippen molar-refractivity contribution in [1.29, 1.82) is 0 Å². The van der Waals surface area contributed by atoms with Gasteiger partial charge in [-0.15, -0.1) is 0 Å². The van der Waals surface area contributed by atoms with Crippen LogP contribution in [-0.2, 0) is 5.72 Å². The third-order valence-corrected chi connectivity index (χ3v) is 5.35. The van der Waals surface area contributed by atoms with E-state index < -0.39 is 5.72 Å². The Hall–Kier alpha value is -2.33. The van der Waals surface area contributed by atoms with Crippen LogP contribution in [0.4, 0.5) is 5.69 Å². The van der Waals surface area contributed by atoms with E-state index in [0.717, 1.165) is 36.4 Å². The Morgan fingerprint density at radius 2 is 1.76 bits per heavy atom. The quantitative estimate of drug-likeness (QED) is 0.873. The van der Waals surface area contributed by atoms with Crippen LogP contribution in [0.15, 0.2) is 54.6 Å². The van der Waals surface area contributed by atoms with Gasteiger partial charge in [0, 0.05) is 12.0 Å². The van der Waals surface area contributed by atoms with E-state index in [4.69, 9.17) is 4.74 Å². The van der Waals surface area contributed by atoms with E-state index in [1.807, 2.05) is 30.3 Å². The van der Waals surface area contributed by atoms with E-state index in [1.54, 1.807) is 7.11 Å². The fourth-order valence-corrected chi connectivity index (χ4v) is 4.02. The molecular weight excluding hydrogens is 312 g/mol. The number of benzene rings is 2. The molecule has 0 amide bonds. The molecular formula is C21H25N2O2+. The molecule has 4 heteroatoms. The number of rotatable bonds is 3. The van der Waals surface area contributed by atoms with Crippen molar-refractivity contribution in [3.8, 4) is 5.75 Å². The molecule has 1 unspecified atom stereocenters. The number of aliphatic hydroxyl groups is 1. The first-order chi connectivity index (χ1) is 12.2. The summed E-state index contributed by atoms with van der Waals surface area (Å²) < 4.78 is 7.49. The summed E-state index contributed by atoms with van der Waals surface area (Å²) in [6, 6.07) is 18.2. The van der Waals surface area contributed by atoms with Crippen LogP contribution in [0.1, 0.15) is 31.2 Å². The Kier molecular flexibility index (Phi) is 4.22. The topological polar surface area (TPSA) is 35.7 Å². The third-order valence-electron chi connectivity index (χ3n) is 5.35. The van der Waals surface area contributed by atoms with Crippen molar-refractivity contribution in [3.63, 3.8) is 0 Å². The van der Waals surface area contributed by atoms with Crippen LogP contribution < -0.4 is 9.64 Å². The fraction of sp³-hybridized carbons (Fsp3) is 0.381. The van der Waals surface area contributed by atoms with Crippen molar-refractivity contribution < 1.29 is 14.4 Å². The van der Waals surface area contributed by atoms with Crippen LogP contribution in [0.25, 0.3) is 0 Å². The number of β-amino-alcohol motifs (C(OH)–C–C–N with tert-alkyl or cyclic N) is 1. The number of para-hydroxylation sites is 1. The number of amidine groups is 1. The monoisotopic (exact) mass is 337 g/mol. The maximum absolute atomic E-state index is 11.7. The zero-order chi connectivity index (χ0) is 17.3. The fourth-order valence-electron chi connectivity index (χ4n) is 4.02. The molecule has 1 N–H and O–H groups in total. The lowest BCUT2D eigenvalue weighted by Gasteiger charge is -2.23. The number of hydrogen-bond donors (Lipinski definition) is 1. The molecule has 4 nitrogen and oxygen atoms in total. The van der Waals surface area contributed by atoms with Crippen molar-refractivity contribution in [3.05, 3.63) is 60.2 Å². The van der Waals surface area contributed by atoms with Crippen LogP contribution >= 0.6 is 0 Å². The molecule has 0 aromatic heterocycles. The minimum Gasteiger partial charge on any atom is -0.497 e. The molecule has 2 aromatic rings. The van der Waals surface area contributed by atoms with Gasteiger partial charge < -0.3 is 9.84 Å². The molecule has 25 heavy (non-hydrogen) atoms. The Balaban J connectivity index is 1.78. The van der Waals surface area contributed by atoms with Gasteiger partial charge in [0.2, 0.25) is 0 Å². The molecule has 0 aliphatic carbocycles. The largest absolute Gasteiger partial charge is 0.497 e. The highest BCUT2D eigenvalue weighted by molar-refractivity contribution is 5.95. The standard InChI is InChI=1S/C21H25N2O2/c1-25-19-13-11-17(12-14-19)21(24)16-22(18-8-4-2-5-9-18)20-10-6-3-7-15-23(20)21/h2,4-5,8-9,11-14,24H,3,6-7,10,15-16H2,1H3/q+1. The van der Waals surface area contributed by atoms with Gasteiger partial charge in [-0.3, -0.25) is 0 Å². The summed E-state index contributed by atoms with van der Waals surface area (Å²) in [5.41, 5.74) is 1.07. The number of hydrogen-bond acceptors (Lipinski definition) is 3. The summed E-state index contributed by atoms with van der Waals surface area (Å²) in [6.07, 6.45) is 4.51. The van der Waals surface area contributed by atoms with Gasteiger partial charge in [0.1, 0.15) is 11.4 Å². The maximum atomic E-state index is 11.7. The van der Waals surface area contributed by atoms with Gasteiger partial charge in [0.05, 0.1) is 13.7 Å². The normalized spacial score (nSPS) is 23.4. The average Bonchev–Trinajstić information content (AvgIpc) is 2.82. The first kappa shape index (κ1) is 16.2. The summed E-state index contributed by atoms with van der Waals surface area (Å²) in [5.74, 6) is 2.05. The highest BCUT2D eigenvalue weighted by Crippen LogP contribution is 2.35. The van der Waals surface area contributed by atoms with Gasteiger partial charge in [0.15, 0.2) is 6.54 Å². The predicted molar refractivity (Wildman–Crippen MR) is 99.3 cm³/mol. The minimum absolute atomic E-state index is 0.554. The predicted octanol–water partition coefficient (Wildman–Crippen LogP) is 3.35. The number of nitrogens with zero attached hydrogens (tertiary/aromatic N) is 2. The lowest BCUT2D eigenvalue weighted by Crippen LogP contribution is -2.41. The average molecular weight is 337 g/mol. The van der Waals surface area contributed by atoms with Crippen molar-refractivity contribution >= 4 is 11.5 Å². The Morgan fingerprint density at radius 1 is 1.00 bits per heavy atom. The van der Waals surface area contributed by atoms with Crippen molar-refractivity contribution in [2.75, 3.05) is 25.1 Å². The van der Waals surface area contributed by atoms with Gasteiger partial charge in [-0.1, -0.05) is 18.2 Å². The van der Waals surface area contributed by atoms with Gasteiger partial charge in [-0.25, -0.2) is 9.48 Å². The molecule has 1 atom stereocenters. The number of anilines is 1. The first-order valence-corrected chi connectivity index (χ1v) is 9.05. The number of methoxy groups -OCH3 is 1. The maximum Gasteiger partial charge on any atom is 0.271 e. The van der Waals surface area contributed by atoms with Crippen LogP contribution in [-0.4, -0.2) is 35.7 Å². The second-order valence-corrected chi connectivity index (χ2v) is 6.85. The van der Waals surface area contributed by atoms with Gasteiger partial charge in [0.25, 0.3) is 11.6 Å². The van der Waals surface area contributed by atoms with Crippen LogP contribution in [0.3, 0.4) is 0 Å². The Morgan fingerprint density at radius 3 is 2.48 bits per heavy atom. The van der Waals surface area contributed by atoms with Gasteiger partial charge in [-0.05, 0) is 55.7 Å². The van der Waals surface area contributed by atoms with E-state index in [9.17, 15) is 5.11 Å². The summed E-state index contributed by atoms with van der Waals surface area (Å²) >= 11 is 0. The molecule has 0 radical (unpaired) electrons.